The average Bonchev–Trinajstić information content (AvgIpc) is 2.27. The zero-order valence-corrected chi connectivity index (χ0v) is 9.83. The zero-order valence-electron chi connectivity index (χ0n) is 9.08. The van der Waals surface area contributed by atoms with Crippen molar-refractivity contribution in [1.29, 1.82) is 5.26 Å². The van der Waals surface area contributed by atoms with Crippen LogP contribution in [0.1, 0.15) is 18.4 Å². The lowest BCUT2D eigenvalue weighted by Gasteiger charge is -2.08. The number of rotatable bonds is 6. The van der Waals surface area contributed by atoms with Crippen molar-refractivity contribution in [3.63, 3.8) is 0 Å². The number of benzene rings is 1. The van der Waals surface area contributed by atoms with E-state index in [2.05, 4.69) is 6.07 Å². The molecule has 0 atom stereocenters. The molecule has 4 heteroatoms. The van der Waals surface area contributed by atoms with Gasteiger partial charge in [-0.05, 0) is 37.1 Å². The molecule has 3 nitrogen and oxygen atoms in total. The standard InChI is InChI=1S/C12H15ClN2O/c13-11-9-10(5-7-15)3-4-12(11)16-8-2-1-6-14/h3-4,9H,1-2,5,7-8,15H2. The van der Waals surface area contributed by atoms with Gasteiger partial charge in [-0.15, -0.1) is 0 Å². The first-order valence-corrected chi connectivity index (χ1v) is 5.64. The van der Waals surface area contributed by atoms with Crippen LogP contribution in [0.15, 0.2) is 18.2 Å². The number of nitriles is 1. The lowest BCUT2D eigenvalue weighted by atomic mass is 10.1. The highest BCUT2D eigenvalue weighted by molar-refractivity contribution is 6.32. The average molecular weight is 239 g/mol. The summed E-state index contributed by atoms with van der Waals surface area (Å²) in [6, 6.07) is 7.74. The van der Waals surface area contributed by atoms with Crippen molar-refractivity contribution >= 4 is 11.6 Å². The second-order valence-corrected chi connectivity index (χ2v) is 3.82. The molecule has 0 spiro atoms. The molecule has 0 amide bonds. The molecule has 0 aliphatic carbocycles. The fourth-order valence-electron chi connectivity index (χ4n) is 1.32. The summed E-state index contributed by atoms with van der Waals surface area (Å²) in [4.78, 5) is 0. The molecule has 16 heavy (non-hydrogen) atoms. The molecule has 0 saturated heterocycles. The quantitative estimate of drug-likeness (QED) is 0.775. The van der Waals surface area contributed by atoms with E-state index in [9.17, 15) is 0 Å². The highest BCUT2D eigenvalue weighted by atomic mass is 35.5. The molecule has 0 bridgehead atoms. The third-order valence-corrected chi connectivity index (χ3v) is 2.42. The van der Waals surface area contributed by atoms with Gasteiger partial charge >= 0.3 is 0 Å². The van der Waals surface area contributed by atoms with Crippen molar-refractivity contribution in [3.8, 4) is 11.8 Å². The lowest BCUT2D eigenvalue weighted by Crippen LogP contribution is -2.03. The van der Waals surface area contributed by atoms with Crippen LogP contribution in [0.4, 0.5) is 0 Å². The number of hydrogen-bond acceptors (Lipinski definition) is 3. The van der Waals surface area contributed by atoms with Crippen LogP contribution in [0.3, 0.4) is 0 Å². The van der Waals surface area contributed by atoms with E-state index in [-0.39, 0.29) is 0 Å². The molecular weight excluding hydrogens is 224 g/mol. The van der Waals surface area contributed by atoms with Gasteiger partial charge in [0, 0.05) is 6.42 Å². The molecule has 0 saturated carbocycles. The van der Waals surface area contributed by atoms with E-state index >= 15 is 0 Å². The number of hydrogen-bond donors (Lipinski definition) is 1. The van der Waals surface area contributed by atoms with Gasteiger partial charge in [0.15, 0.2) is 0 Å². The molecule has 1 rings (SSSR count). The maximum absolute atomic E-state index is 8.37. The van der Waals surface area contributed by atoms with Gasteiger partial charge in [-0.3, -0.25) is 0 Å². The topological polar surface area (TPSA) is 59.0 Å². The Morgan fingerprint density at radius 3 is 2.88 bits per heavy atom. The molecule has 0 heterocycles. The van der Waals surface area contributed by atoms with Gasteiger partial charge in [0.2, 0.25) is 0 Å². The SMILES string of the molecule is N#CCCCOc1ccc(CCN)cc1Cl. The van der Waals surface area contributed by atoms with Crippen molar-refractivity contribution in [2.24, 2.45) is 5.73 Å². The second-order valence-electron chi connectivity index (χ2n) is 3.41. The Hall–Kier alpha value is -1.24. The predicted octanol–water partition coefficient (Wildman–Crippen LogP) is 2.52. The molecule has 86 valence electrons. The summed E-state index contributed by atoms with van der Waals surface area (Å²) < 4.78 is 5.46. The second kappa shape index (κ2) is 7.10. The van der Waals surface area contributed by atoms with E-state index in [0.717, 1.165) is 18.4 Å². The Bertz CT molecular complexity index is 374. The Morgan fingerprint density at radius 1 is 1.44 bits per heavy atom. The van der Waals surface area contributed by atoms with Crippen LogP contribution >= 0.6 is 11.6 Å². The molecule has 0 aromatic heterocycles. The molecule has 0 aliphatic rings. The fraction of sp³-hybridized carbons (Fsp3) is 0.417. The van der Waals surface area contributed by atoms with E-state index < -0.39 is 0 Å². The van der Waals surface area contributed by atoms with Crippen molar-refractivity contribution in [2.45, 2.75) is 19.3 Å². The van der Waals surface area contributed by atoms with E-state index in [1.807, 2.05) is 18.2 Å². The maximum Gasteiger partial charge on any atom is 0.137 e. The lowest BCUT2D eigenvalue weighted by molar-refractivity contribution is 0.313. The minimum atomic E-state index is 0.503. The van der Waals surface area contributed by atoms with E-state index in [1.165, 1.54) is 0 Å². The van der Waals surface area contributed by atoms with Gasteiger partial charge < -0.3 is 10.5 Å². The number of halogens is 1. The van der Waals surface area contributed by atoms with Crippen molar-refractivity contribution in [3.05, 3.63) is 28.8 Å². The molecule has 0 radical (unpaired) electrons. The minimum absolute atomic E-state index is 0.503. The zero-order chi connectivity index (χ0) is 11.8. The minimum Gasteiger partial charge on any atom is -0.492 e. The van der Waals surface area contributed by atoms with E-state index in [4.69, 9.17) is 27.3 Å². The van der Waals surface area contributed by atoms with Crippen molar-refractivity contribution < 1.29 is 4.74 Å². The Labute approximate surface area is 101 Å². The summed E-state index contributed by atoms with van der Waals surface area (Å²) in [5.74, 6) is 0.667. The third-order valence-electron chi connectivity index (χ3n) is 2.12. The van der Waals surface area contributed by atoms with Crippen LogP contribution in [-0.2, 0) is 6.42 Å². The molecule has 0 aliphatic heterocycles. The maximum atomic E-state index is 8.37. The number of unbranched alkanes of at least 4 members (excludes halogenated alkanes) is 1. The van der Waals surface area contributed by atoms with Gasteiger partial charge in [0.05, 0.1) is 17.7 Å². The molecular formula is C12H15ClN2O. The summed E-state index contributed by atoms with van der Waals surface area (Å²) >= 11 is 6.05. The van der Waals surface area contributed by atoms with Crippen LogP contribution in [0.5, 0.6) is 5.75 Å². The van der Waals surface area contributed by atoms with E-state index in [0.29, 0.717) is 30.3 Å². The predicted molar refractivity (Wildman–Crippen MR) is 64.6 cm³/mol. The van der Waals surface area contributed by atoms with Gasteiger partial charge in [-0.2, -0.15) is 5.26 Å². The molecule has 0 unspecified atom stereocenters. The summed E-state index contributed by atoms with van der Waals surface area (Å²) in [6.07, 6.45) is 2.04. The number of ether oxygens (including phenoxy) is 1. The Kier molecular flexibility index (Phi) is 5.69. The first-order chi connectivity index (χ1) is 7.77. The van der Waals surface area contributed by atoms with Crippen LogP contribution in [0, 0.1) is 11.3 Å². The highest BCUT2D eigenvalue weighted by Crippen LogP contribution is 2.25. The largest absolute Gasteiger partial charge is 0.492 e. The van der Waals surface area contributed by atoms with Crippen LogP contribution in [0.25, 0.3) is 0 Å². The van der Waals surface area contributed by atoms with Gasteiger partial charge in [-0.25, -0.2) is 0 Å². The Morgan fingerprint density at radius 2 is 2.25 bits per heavy atom. The van der Waals surface area contributed by atoms with Crippen molar-refractivity contribution in [2.75, 3.05) is 13.2 Å². The van der Waals surface area contributed by atoms with Crippen LogP contribution in [-0.4, -0.2) is 13.2 Å². The fourth-order valence-corrected chi connectivity index (χ4v) is 1.57. The summed E-state index contributed by atoms with van der Waals surface area (Å²) in [5.41, 5.74) is 6.57. The Balaban J connectivity index is 2.51. The third kappa shape index (κ3) is 4.09. The van der Waals surface area contributed by atoms with Crippen LogP contribution < -0.4 is 10.5 Å². The van der Waals surface area contributed by atoms with Gasteiger partial charge in [0.25, 0.3) is 0 Å². The summed E-state index contributed by atoms with van der Waals surface area (Å²) in [5, 5.41) is 8.97. The number of nitrogens with two attached hydrogens (primary N) is 1. The highest BCUT2D eigenvalue weighted by Gasteiger charge is 2.02. The normalized spacial score (nSPS) is 9.81. The molecule has 1 aromatic rings. The monoisotopic (exact) mass is 238 g/mol. The first-order valence-electron chi connectivity index (χ1n) is 5.26. The molecule has 2 N–H and O–H groups in total. The summed E-state index contributed by atoms with van der Waals surface area (Å²) in [6.45, 7) is 1.13. The van der Waals surface area contributed by atoms with Gasteiger partial charge in [-0.1, -0.05) is 17.7 Å². The van der Waals surface area contributed by atoms with Crippen molar-refractivity contribution in [1.82, 2.24) is 0 Å². The summed E-state index contributed by atoms with van der Waals surface area (Å²) in [7, 11) is 0. The number of nitrogens with zero attached hydrogens (tertiary/aromatic N) is 1. The molecule has 0 fully saturated rings. The molecule has 1 aromatic carbocycles. The first kappa shape index (κ1) is 12.8. The van der Waals surface area contributed by atoms with Crippen LogP contribution in [0.2, 0.25) is 5.02 Å². The van der Waals surface area contributed by atoms with Gasteiger partial charge in [0.1, 0.15) is 5.75 Å². The smallest absolute Gasteiger partial charge is 0.137 e. The van der Waals surface area contributed by atoms with E-state index in [1.54, 1.807) is 0 Å².